The molecule has 4 nitrogen and oxygen atoms in total. The maximum Gasteiger partial charge on any atom is 0.255 e. The number of hydrogen-bond acceptors (Lipinski definition) is 3. The first-order valence-electron chi connectivity index (χ1n) is 4.89. The lowest BCUT2D eigenvalue weighted by molar-refractivity contribution is 0.813. The van der Waals surface area contributed by atoms with Crippen molar-refractivity contribution in [2.75, 3.05) is 5.32 Å². The minimum Gasteiger partial charge on any atom is -0.368 e. The first kappa shape index (κ1) is 12.7. The topological polar surface area (TPSA) is 46.9 Å². The number of nitrogens with one attached hydrogen (secondary N) is 1. The molecule has 0 spiro atoms. The summed E-state index contributed by atoms with van der Waals surface area (Å²) in [6.45, 7) is 8.00. The van der Waals surface area contributed by atoms with E-state index >= 15 is 0 Å². The van der Waals surface area contributed by atoms with Crippen LogP contribution < -0.4 is 10.9 Å². The van der Waals surface area contributed by atoms with Gasteiger partial charge >= 0.3 is 0 Å². The summed E-state index contributed by atoms with van der Waals surface area (Å²) in [5.74, 6) is 0.633. The Labute approximate surface area is 85.0 Å². The van der Waals surface area contributed by atoms with Crippen molar-refractivity contribution >= 4 is 5.82 Å². The summed E-state index contributed by atoms with van der Waals surface area (Å²) < 4.78 is 1.44. The predicted molar refractivity (Wildman–Crippen MR) is 59.6 cm³/mol. The summed E-state index contributed by atoms with van der Waals surface area (Å²) in [7, 11) is 1.68. The molecule has 0 radical (unpaired) electrons. The van der Waals surface area contributed by atoms with Crippen molar-refractivity contribution in [3.05, 3.63) is 22.7 Å². The van der Waals surface area contributed by atoms with E-state index in [1.54, 1.807) is 7.05 Å². The summed E-state index contributed by atoms with van der Waals surface area (Å²) in [6.07, 6.45) is 1.51. The van der Waals surface area contributed by atoms with Crippen LogP contribution in [0.2, 0.25) is 0 Å². The summed E-state index contributed by atoms with van der Waals surface area (Å²) in [5, 5.41) is 3.05. The molecule has 14 heavy (non-hydrogen) atoms. The van der Waals surface area contributed by atoms with Crippen LogP contribution in [0.25, 0.3) is 0 Å². The Bertz CT molecular complexity index is 317. The minimum absolute atomic E-state index is 0.0480. The third-order valence-electron chi connectivity index (χ3n) is 1.41. The molecule has 0 aliphatic rings. The van der Waals surface area contributed by atoms with Gasteiger partial charge in [-0.15, -0.1) is 0 Å². The lowest BCUT2D eigenvalue weighted by Crippen LogP contribution is -2.19. The van der Waals surface area contributed by atoms with Crippen molar-refractivity contribution in [3.8, 4) is 0 Å². The van der Waals surface area contributed by atoms with Gasteiger partial charge in [-0.1, -0.05) is 13.8 Å². The molecule has 4 heteroatoms. The van der Waals surface area contributed by atoms with Crippen LogP contribution in [-0.2, 0) is 7.05 Å². The molecule has 0 saturated carbocycles. The lowest BCUT2D eigenvalue weighted by atomic mass is 10.4. The molecule has 1 rings (SSSR count). The highest BCUT2D eigenvalue weighted by molar-refractivity contribution is 5.32. The van der Waals surface area contributed by atoms with Crippen molar-refractivity contribution in [2.45, 2.75) is 33.7 Å². The van der Waals surface area contributed by atoms with Gasteiger partial charge in [-0.25, -0.2) is 4.98 Å². The molecule has 0 fully saturated rings. The van der Waals surface area contributed by atoms with Gasteiger partial charge in [0.25, 0.3) is 5.56 Å². The van der Waals surface area contributed by atoms with Gasteiger partial charge in [-0.2, -0.15) is 0 Å². The van der Waals surface area contributed by atoms with Crippen LogP contribution in [0.3, 0.4) is 0 Å². The van der Waals surface area contributed by atoms with Crippen molar-refractivity contribution < 1.29 is 0 Å². The Kier molecular flexibility index (Phi) is 5.60. The molecule has 0 bridgehead atoms. The van der Waals surface area contributed by atoms with Crippen molar-refractivity contribution in [3.63, 3.8) is 0 Å². The second-order valence-electron chi connectivity index (χ2n) is 3.02. The largest absolute Gasteiger partial charge is 0.368 e. The molecular weight excluding hydrogens is 178 g/mol. The molecule has 0 aliphatic carbocycles. The van der Waals surface area contributed by atoms with Crippen LogP contribution in [0.5, 0.6) is 0 Å². The van der Waals surface area contributed by atoms with E-state index in [1.807, 2.05) is 27.7 Å². The zero-order valence-electron chi connectivity index (χ0n) is 9.53. The molecule has 0 unspecified atom stereocenters. The number of hydrogen-bond donors (Lipinski definition) is 1. The van der Waals surface area contributed by atoms with Gasteiger partial charge in [0.1, 0.15) is 5.82 Å². The molecule has 0 atom stereocenters. The van der Waals surface area contributed by atoms with Crippen LogP contribution in [0.4, 0.5) is 5.82 Å². The van der Waals surface area contributed by atoms with Gasteiger partial charge in [0.05, 0.1) is 6.33 Å². The fourth-order valence-electron chi connectivity index (χ4n) is 0.836. The fraction of sp³-hybridized carbons (Fsp3) is 0.600. The summed E-state index contributed by atoms with van der Waals surface area (Å²) >= 11 is 0. The third kappa shape index (κ3) is 4.07. The fourth-order valence-corrected chi connectivity index (χ4v) is 0.836. The lowest BCUT2D eigenvalue weighted by Gasteiger charge is -2.08. The van der Waals surface area contributed by atoms with Gasteiger partial charge < -0.3 is 9.88 Å². The normalized spacial score (nSPS) is 9.29. The highest BCUT2D eigenvalue weighted by Crippen LogP contribution is 1.97. The molecule has 80 valence electrons. The summed E-state index contributed by atoms with van der Waals surface area (Å²) in [4.78, 5) is 15.1. The Morgan fingerprint density at radius 1 is 1.43 bits per heavy atom. The SMILES string of the molecule is CC.CC(C)Nc1cc(=O)n(C)cn1. The smallest absolute Gasteiger partial charge is 0.255 e. The van der Waals surface area contributed by atoms with E-state index in [2.05, 4.69) is 10.3 Å². The Morgan fingerprint density at radius 2 is 2.00 bits per heavy atom. The van der Waals surface area contributed by atoms with Crippen LogP contribution in [-0.4, -0.2) is 15.6 Å². The second-order valence-corrected chi connectivity index (χ2v) is 3.02. The van der Waals surface area contributed by atoms with Gasteiger partial charge in [0.2, 0.25) is 0 Å². The Hall–Kier alpha value is -1.32. The molecule has 0 amide bonds. The zero-order chi connectivity index (χ0) is 11.1. The highest BCUT2D eigenvalue weighted by atomic mass is 16.1. The first-order chi connectivity index (χ1) is 6.59. The molecule has 1 heterocycles. The molecule has 1 N–H and O–H groups in total. The van der Waals surface area contributed by atoms with E-state index in [9.17, 15) is 4.79 Å². The Morgan fingerprint density at radius 3 is 2.43 bits per heavy atom. The van der Waals surface area contributed by atoms with E-state index in [0.29, 0.717) is 11.9 Å². The van der Waals surface area contributed by atoms with Crippen LogP contribution >= 0.6 is 0 Å². The van der Waals surface area contributed by atoms with E-state index in [4.69, 9.17) is 0 Å². The van der Waals surface area contributed by atoms with Gasteiger partial charge in [0.15, 0.2) is 0 Å². The van der Waals surface area contributed by atoms with Crippen LogP contribution in [0.15, 0.2) is 17.2 Å². The van der Waals surface area contributed by atoms with Gasteiger partial charge in [-0.05, 0) is 13.8 Å². The molecule has 0 aromatic carbocycles. The molecule has 1 aromatic rings. The van der Waals surface area contributed by atoms with Gasteiger partial charge in [-0.3, -0.25) is 4.79 Å². The third-order valence-corrected chi connectivity index (χ3v) is 1.41. The number of aromatic nitrogens is 2. The maximum atomic E-state index is 11.1. The second kappa shape index (κ2) is 6.18. The quantitative estimate of drug-likeness (QED) is 0.783. The number of anilines is 1. The molecule has 0 saturated heterocycles. The van der Waals surface area contributed by atoms with E-state index < -0.39 is 0 Å². The molecular formula is C10H19N3O. The maximum absolute atomic E-state index is 11.1. The average Bonchev–Trinajstić information content (AvgIpc) is 2.14. The number of aryl methyl sites for hydroxylation is 1. The molecule has 0 aliphatic heterocycles. The average molecular weight is 197 g/mol. The minimum atomic E-state index is -0.0480. The van der Waals surface area contributed by atoms with Crippen LogP contribution in [0.1, 0.15) is 27.7 Å². The standard InChI is InChI=1S/C8H13N3O.C2H6/c1-6(2)10-7-4-8(12)11(3)5-9-7;1-2/h4-6,10H,1-3H3;1-2H3. The van der Waals surface area contributed by atoms with E-state index in [-0.39, 0.29) is 5.56 Å². The highest BCUT2D eigenvalue weighted by Gasteiger charge is 1.97. The van der Waals surface area contributed by atoms with Crippen LogP contribution in [0, 0.1) is 0 Å². The Balaban J connectivity index is 0.000000791. The number of nitrogens with zero attached hydrogens (tertiary/aromatic N) is 2. The van der Waals surface area contributed by atoms with Crippen molar-refractivity contribution in [2.24, 2.45) is 7.05 Å². The van der Waals surface area contributed by atoms with E-state index in [1.165, 1.54) is 17.0 Å². The summed E-state index contributed by atoms with van der Waals surface area (Å²) in [5.41, 5.74) is -0.0480. The first-order valence-corrected chi connectivity index (χ1v) is 4.89. The van der Waals surface area contributed by atoms with Crippen molar-refractivity contribution in [1.82, 2.24) is 9.55 Å². The van der Waals surface area contributed by atoms with E-state index in [0.717, 1.165) is 0 Å². The van der Waals surface area contributed by atoms with Crippen molar-refractivity contribution in [1.29, 1.82) is 0 Å². The predicted octanol–water partition coefficient (Wildman–Crippen LogP) is 1.63. The van der Waals surface area contributed by atoms with Gasteiger partial charge in [0, 0.05) is 19.2 Å². The number of rotatable bonds is 2. The monoisotopic (exact) mass is 197 g/mol. The summed E-state index contributed by atoms with van der Waals surface area (Å²) in [6, 6.07) is 1.78. The zero-order valence-corrected chi connectivity index (χ0v) is 9.53. The molecule has 1 aromatic heterocycles.